The Morgan fingerprint density at radius 3 is 2.75 bits per heavy atom. The van der Waals surface area contributed by atoms with E-state index in [2.05, 4.69) is 0 Å². The quantitative estimate of drug-likeness (QED) is 0.519. The van der Waals surface area contributed by atoms with Crippen LogP contribution in [-0.4, -0.2) is 6.23 Å². The Morgan fingerprint density at radius 2 is 2.12 bits per heavy atom. The topological polar surface area (TPSA) is 0 Å². The van der Waals surface area contributed by atoms with Gasteiger partial charge in [0.2, 0.25) is 0 Å². The lowest BCUT2D eigenvalue weighted by Gasteiger charge is -1.89. The van der Waals surface area contributed by atoms with Crippen LogP contribution in [0.2, 0.25) is 0 Å². The molecule has 0 N–H and O–H groups in total. The smallest absolute Gasteiger partial charge is 0.0348 e. The van der Waals surface area contributed by atoms with E-state index >= 15 is 0 Å². The lowest BCUT2D eigenvalue weighted by molar-refractivity contribution is 1.47. The normalized spacial score (nSPS) is 10.8. The Morgan fingerprint density at radius 1 is 1.38 bits per heavy atom. The van der Waals surface area contributed by atoms with Crippen LogP contribution in [0.15, 0.2) is 35.2 Å². The van der Waals surface area contributed by atoms with E-state index in [4.69, 9.17) is 1.37 Å². The van der Waals surface area contributed by atoms with Crippen LogP contribution in [-0.2, 0) is 0 Å². The van der Waals surface area contributed by atoms with Crippen LogP contribution in [0.25, 0.3) is 0 Å². The third-order valence-electron chi connectivity index (χ3n) is 0.910. The Hall–Kier alpha value is -0.430. The van der Waals surface area contributed by atoms with Crippen molar-refractivity contribution in [1.82, 2.24) is 0 Å². The second-order valence-corrected chi connectivity index (χ2v) is 2.22. The van der Waals surface area contributed by atoms with Gasteiger partial charge < -0.3 is 0 Å². The number of rotatable bonds is 1. The van der Waals surface area contributed by atoms with Gasteiger partial charge in [0.05, 0.1) is 0 Å². The minimum Gasteiger partial charge on any atom is -0.130 e. The molecule has 0 heterocycles. The van der Waals surface area contributed by atoms with Crippen molar-refractivity contribution < 1.29 is 1.37 Å². The average molecular weight is 125 g/mol. The summed E-state index contributed by atoms with van der Waals surface area (Å²) >= 11 is 1.54. The predicted octanol–water partition coefficient (Wildman–Crippen LogP) is 2.41. The van der Waals surface area contributed by atoms with Gasteiger partial charge >= 0.3 is 0 Å². The zero-order valence-electron chi connectivity index (χ0n) is 5.50. The molecule has 0 fully saturated rings. The van der Waals surface area contributed by atoms with E-state index in [0.717, 1.165) is 0 Å². The van der Waals surface area contributed by atoms with E-state index in [0.29, 0.717) is 6.23 Å². The lowest BCUT2D eigenvalue weighted by Crippen LogP contribution is -1.62. The first-order valence-corrected chi connectivity index (χ1v) is 3.39. The Balaban J connectivity index is 2.61. The molecule has 0 aliphatic rings. The fourth-order valence-electron chi connectivity index (χ4n) is 0.517. The molecule has 1 heteroatoms. The van der Waals surface area contributed by atoms with Gasteiger partial charge in [-0.25, -0.2) is 0 Å². The third-order valence-corrected chi connectivity index (χ3v) is 1.52. The van der Waals surface area contributed by atoms with Gasteiger partial charge in [0.1, 0.15) is 0 Å². The number of benzene rings is 1. The molecule has 0 amide bonds. The number of thioether (sulfide) groups is 1. The second-order valence-electron chi connectivity index (χ2n) is 1.46. The van der Waals surface area contributed by atoms with Gasteiger partial charge in [-0.15, -0.1) is 11.8 Å². The van der Waals surface area contributed by atoms with Crippen LogP contribution in [0.4, 0.5) is 0 Å². The zero-order valence-corrected chi connectivity index (χ0v) is 5.32. The molecule has 0 aliphatic carbocycles. The van der Waals surface area contributed by atoms with Crippen LogP contribution in [0, 0.1) is 0 Å². The van der Waals surface area contributed by atoms with Gasteiger partial charge in [-0.3, -0.25) is 0 Å². The molecule has 0 radical (unpaired) electrons. The molecule has 0 nitrogen and oxygen atoms in total. The van der Waals surface area contributed by atoms with E-state index < -0.39 is 0 Å². The van der Waals surface area contributed by atoms with Gasteiger partial charge in [-0.1, -0.05) is 18.2 Å². The SMILES string of the molecule is [2H]CSc1ccccc1. The molecule has 0 atom stereocenters. The van der Waals surface area contributed by atoms with Crippen molar-refractivity contribution in [3.05, 3.63) is 30.3 Å². The van der Waals surface area contributed by atoms with Crippen molar-refractivity contribution in [2.24, 2.45) is 0 Å². The molecule has 0 bridgehead atoms. The van der Waals surface area contributed by atoms with Crippen LogP contribution in [0.3, 0.4) is 0 Å². The lowest BCUT2D eigenvalue weighted by atomic mass is 10.4. The Bertz CT molecular complexity index is 162. The molecule has 0 aliphatic heterocycles. The standard InChI is InChI=1S/C7H8S/c1-8-7-5-3-2-4-6-7/h2-6H,1H3/i1D. The summed E-state index contributed by atoms with van der Waals surface area (Å²) < 4.78 is 6.90. The summed E-state index contributed by atoms with van der Waals surface area (Å²) in [5, 5.41) is 0. The summed E-state index contributed by atoms with van der Waals surface area (Å²) in [5.74, 6) is 0. The summed E-state index contributed by atoms with van der Waals surface area (Å²) in [6, 6.07) is 9.97. The first-order valence-electron chi connectivity index (χ1n) is 3.11. The summed E-state index contributed by atoms with van der Waals surface area (Å²) in [5.41, 5.74) is 0. The highest BCUT2D eigenvalue weighted by Gasteiger charge is 1.80. The minimum absolute atomic E-state index is 0.407. The first-order chi connectivity index (χ1) is 4.43. The maximum absolute atomic E-state index is 6.90. The van der Waals surface area contributed by atoms with Gasteiger partial charge in [0.25, 0.3) is 0 Å². The fourth-order valence-corrected chi connectivity index (χ4v) is 0.866. The fraction of sp³-hybridized carbons (Fsp3) is 0.143. The van der Waals surface area contributed by atoms with Gasteiger partial charge in [0.15, 0.2) is 0 Å². The van der Waals surface area contributed by atoms with Crippen LogP contribution < -0.4 is 0 Å². The van der Waals surface area contributed by atoms with Crippen molar-refractivity contribution in [2.45, 2.75) is 4.90 Å². The van der Waals surface area contributed by atoms with E-state index in [1.165, 1.54) is 4.90 Å². The van der Waals surface area contributed by atoms with E-state index in [9.17, 15) is 0 Å². The first kappa shape index (κ1) is 4.45. The minimum atomic E-state index is 0.407. The number of hydrogen-bond donors (Lipinski definition) is 0. The zero-order chi connectivity index (χ0) is 6.53. The van der Waals surface area contributed by atoms with Gasteiger partial charge in [-0.05, 0) is 18.4 Å². The monoisotopic (exact) mass is 125 g/mol. The summed E-state index contributed by atoms with van der Waals surface area (Å²) in [6.07, 6.45) is 0.407. The number of hydrogen-bond acceptors (Lipinski definition) is 1. The van der Waals surface area contributed by atoms with Crippen LogP contribution in [0.5, 0.6) is 0 Å². The largest absolute Gasteiger partial charge is 0.130 e. The third kappa shape index (κ3) is 1.27. The van der Waals surface area contributed by atoms with E-state index in [1.54, 1.807) is 11.8 Å². The molecule has 0 saturated carbocycles. The molecular weight excluding hydrogens is 116 g/mol. The molecular formula is C7H8S. The molecule has 0 unspecified atom stereocenters. The van der Waals surface area contributed by atoms with Crippen molar-refractivity contribution in [2.75, 3.05) is 6.23 Å². The van der Waals surface area contributed by atoms with Crippen LogP contribution in [0.1, 0.15) is 1.37 Å². The summed E-state index contributed by atoms with van der Waals surface area (Å²) in [6.45, 7) is 0. The molecule has 0 aromatic heterocycles. The molecule has 0 saturated heterocycles. The van der Waals surface area contributed by atoms with Crippen molar-refractivity contribution in [3.8, 4) is 0 Å². The summed E-state index contributed by atoms with van der Waals surface area (Å²) in [4.78, 5) is 1.17. The second kappa shape index (κ2) is 2.78. The molecule has 1 rings (SSSR count). The van der Waals surface area contributed by atoms with Gasteiger partial charge in [0, 0.05) is 6.27 Å². The highest BCUT2D eigenvalue weighted by Crippen LogP contribution is 2.11. The van der Waals surface area contributed by atoms with Gasteiger partial charge in [-0.2, -0.15) is 0 Å². The van der Waals surface area contributed by atoms with Crippen molar-refractivity contribution in [3.63, 3.8) is 0 Å². The molecule has 0 spiro atoms. The molecule has 1 aromatic rings. The Kier molecular flexibility index (Phi) is 1.54. The molecule has 1 aromatic carbocycles. The van der Waals surface area contributed by atoms with Crippen molar-refractivity contribution in [1.29, 1.82) is 0 Å². The predicted molar refractivity (Wildman–Crippen MR) is 38.2 cm³/mol. The van der Waals surface area contributed by atoms with Crippen LogP contribution >= 0.6 is 11.8 Å². The highest BCUT2D eigenvalue weighted by atomic mass is 32.2. The Labute approximate surface area is 55.3 Å². The van der Waals surface area contributed by atoms with E-state index in [1.807, 2.05) is 30.3 Å². The molecule has 42 valence electrons. The highest BCUT2D eigenvalue weighted by molar-refractivity contribution is 7.98. The maximum Gasteiger partial charge on any atom is 0.0348 e. The van der Waals surface area contributed by atoms with E-state index in [-0.39, 0.29) is 0 Å². The maximum atomic E-state index is 6.90. The summed E-state index contributed by atoms with van der Waals surface area (Å²) in [7, 11) is 0. The average Bonchev–Trinajstić information content (AvgIpc) is 1.91. The molecule has 8 heavy (non-hydrogen) atoms. The van der Waals surface area contributed by atoms with Crippen molar-refractivity contribution >= 4 is 11.8 Å².